The normalized spacial score (nSPS) is 11.8. The van der Waals surface area contributed by atoms with E-state index in [9.17, 15) is 8.42 Å². The Kier molecular flexibility index (Phi) is 4.55. The second kappa shape index (κ2) is 6.65. The van der Waals surface area contributed by atoms with E-state index in [0.717, 1.165) is 0 Å². The second-order valence-corrected chi connectivity index (χ2v) is 7.09. The van der Waals surface area contributed by atoms with Crippen LogP contribution in [-0.2, 0) is 24.1 Å². The molecule has 0 spiro atoms. The van der Waals surface area contributed by atoms with Crippen molar-refractivity contribution in [1.29, 1.82) is 0 Å². The molecule has 0 aromatic carbocycles. The van der Waals surface area contributed by atoms with Crippen LogP contribution in [0.1, 0.15) is 17.4 Å². The highest BCUT2D eigenvalue weighted by atomic mass is 32.2. The van der Waals surface area contributed by atoms with Gasteiger partial charge in [-0.15, -0.1) is 0 Å². The summed E-state index contributed by atoms with van der Waals surface area (Å²) in [6, 6.07) is 4.27. The van der Waals surface area contributed by atoms with E-state index in [-0.39, 0.29) is 4.90 Å². The molecular formula is C15H18N6O3S. The van der Waals surface area contributed by atoms with Crippen molar-refractivity contribution in [2.75, 3.05) is 7.11 Å². The molecule has 132 valence electrons. The Labute approximate surface area is 145 Å². The maximum atomic E-state index is 12.9. The van der Waals surface area contributed by atoms with Gasteiger partial charge in [-0.25, -0.2) is 8.42 Å². The molecule has 0 unspecified atom stereocenters. The van der Waals surface area contributed by atoms with Crippen molar-refractivity contribution in [2.45, 2.75) is 10.9 Å². The SMILES string of the molecule is COc1cncc(S(=O)(=O)NC(c2ccnn2C)c2ccnn2C)c1. The monoisotopic (exact) mass is 362 g/mol. The third-order valence-electron chi connectivity index (χ3n) is 3.82. The number of ether oxygens (including phenoxy) is 1. The number of nitrogens with zero attached hydrogens (tertiary/aromatic N) is 5. The Morgan fingerprint density at radius 1 is 1.08 bits per heavy atom. The number of hydrogen-bond donors (Lipinski definition) is 1. The molecule has 25 heavy (non-hydrogen) atoms. The summed E-state index contributed by atoms with van der Waals surface area (Å²) in [5.41, 5.74) is 1.37. The summed E-state index contributed by atoms with van der Waals surface area (Å²) in [6.45, 7) is 0. The third-order valence-corrected chi connectivity index (χ3v) is 5.21. The summed E-state index contributed by atoms with van der Waals surface area (Å²) < 4.78 is 36.7. The minimum absolute atomic E-state index is 0.0150. The van der Waals surface area contributed by atoms with E-state index in [1.165, 1.54) is 25.6 Å². The maximum Gasteiger partial charge on any atom is 0.243 e. The minimum atomic E-state index is -3.85. The molecule has 9 nitrogen and oxygen atoms in total. The van der Waals surface area contributed by atoms with Gasteiger partial charge in [0.2, 0.25) is 10.0 Å². The fraction of sp³-hybridized carbons (Fsp3) is 0.267. The van der Waals surface area contributed by atoms with Crippen LogP contribution < -0.4 is 9.46 Å². The molecule has 3 heterocycles. The van der Waals surface area contributed by atoms with Crippen LogP contribution in [0.4, 0.5) is 0 Å². The van der Waals surface area contributed by atoms with Gasteiger partial charge in [0.1, 0.15) is 16.7 Å². The van der Waals surface area contributed by atoms with E-state index >= 15 is 0 Å². The summed E-state index contributed by atoms with van der Waals surface area (Å²) in [5, 5.41) is 8.25. The smallest absolute Gasteiger partial charge is 0.243 e. The molecule has 0 fully saturated rings. The van der Waals surface area contributed by atoms with Crippen molar-refractivity contribution in [2.24, 2.45) is 14.1 Å². The predicted molar refractivity (Wildman–Crippen MR) is 89.4 cm³/mol. The van der Waals surface area contributed by atoms with Crippen molar-refractivity contribution in [3.8, 4) is 5.75 Å². The molecule has 3 aromatic heterocycles. The predicted octanol–water partition coefficient (Wildman–Crippen LogP) is 0.625. The molecule has 0 aliphatic heterocycles. The molecular weight excluding hydrogens is 344 g/mol. The fourth-order valence-electron chi connectivity index (χ4n) is 2.49. The highest BCUT2D eigenvalue weighted by Crippen LogP contribution is 2.24. The first-order valence-electron chi connectivity index (χ1n) is 7.39. The van der Waals surface area contributed by atoms with Crippen LogP contribution in [0.3, 0.4) is 0 Å². The molecule has 10 heteroatoms. The molecule has 1 N–H and O–H groups in total. The lowest BCUT2D eigenvalue weighted by molar-refractivity contribution is 0.411. The quantitative estimate of drug-likeness (QED) is 0.690. The van der Waals surface area contributed by atoms with Gasteiger partial charge in [0.05, 0.1) is 24.7 Å². The summed E-state index contributed by atoms with van der Waals surface area (Å²) in [7, 11) is 1.10. The van der Waals surface area contributed by atoms with Crippen LogP contribution in [0.2, 0.25) is 0 Å². The first-order chi connectivity index (χ1) is 11.9. The standard InChI is InChI=1S/C15H18N6O3S/c1-20-13(4-6-17-20)15(14-5-7-18-21(14)2)19-25(22,23)12-8-11(24-3)9-16-10-12/h4-10,15,19H,1-3H3. The Morgan fingerprint density at radius 3 is 2.16 bits per heavy atom. The van der Waals surface area contributed by atoms with Gasteiger partial charge >= 0.3 is 0 Å². The second-order valence-electron chi connectivity index (χ2n) is 5.37. The third kappa shape index (κ3) is 3.39. The van der Waals surface area contributed by atoms with Crippen LogP contribution in [0.25, 0.3) is 0 Å². The molecule has 0 saturated carbocycles. The number of sulfonamides is 1. The van der Waals surface area contributed by atoms with Crippen molar-refractivity contribution in [1.82, 2.24) is 29.3 Å². The molecule has 0 atom stereocenters. The van der Waals surface area contributed by atoms with Crippen molar-refractivity contribution >= 4 is 10.0 Å². The summed E-state index contributed by atoms with van der Waals surface area (Å²) in [6.07, 6.45) is 5.94. The molecule has 3 rings (SSSR count). The highest BCUT2D eigenvalue weighted by Gasteiger charge is 2.27. The van der Waals surface area contributed by atoms with Gasteiger partial charge in [0, 0.05) is 38.8 Å². The molecule has 0 amide bonds. The number of aryl methyl sites for hydroxylation is 2. The summed E-state index contributed by atoms with van der Waals surface area (Å²) >= 11 is 0. The van der Waals surface area contributed by atoms with Crippen LogP contribution in [0.5, 0.6) is 5.75 Å². The largest absolute Gasteiger partial charge is 0.495 e. The van der Waals surface area contributed by atoms with Gasteiger partial charge in [-0.05, 0) is 12.1 Å². The summed E-state index contributed by atoms with van der Waals surface area (Å²) in [5.74, 6) is 0.362. The lowest BCUT2D eigenvalue weighted by Crippen LogP contribution is -2.32. The molecule has 0 bridgehead atoms. The minimum Gasteiger partial charge on any atom is -0.495 e. The van der Waals surface area contributed by atoms with Gasteiger partial charge in [0.15, 0.2) is 0 Å². The lowest BCUT2D eigenvalue weighted by Gasteiger charge is -2.19. The number of rotatable bonds is 6. The Hall–Kier alpha value is -2.72. The van der Waals surface area contributed by atoms with E-state index in [2.05, 4.69) is 19.9 Å². The number of hydrogen-bond acceptors (Lipinski definition) is 6. The van der Waals surface area contributed by atoms with Gasteiger partial charge in [0.25, 0.3) is 0 Å². The van der Waals surface area contributed by atoms with Crippen LogP contribution in [0, 0.1) is 0 Å². The topological polar surface area (TPSA) is 104 Å². The number of aromatic nitrogens is 5. The zero-order valence-electron chi connectivity index (χ0n) is 14.0. The van der Waals surface area contributed by atoms with E-state index in [1.807, 2.05) is 0 Å². The van der Waals surface area contributed by atoms with Gasteiger partial charge in [-0.1, -0.05) is 0 Å². The molecule has 0 saturated heterocycles. The van der Waals surface area contributed by atoms with Gasteiger partial charge in [-0.2, -0.15) is 14.9 Å². The van der Waals surface area contributed by atoms with Crippen molar-refractivity contribution < 1.29 is 13.2 Å². The Bertz CT molecular complexity index is 938. The maximum absolute atomic E-state index is 12.9. The zero-order chi connectivity index (χ0) is 18.0. The van der Waals surface area contributed by atoms with Crippen LogP contribution in [-0.4, -0.2) is 40.1 Å². The highest BCUT2D eigenvalue weighted by molar-refractivity contribution is 7.89. The number of pyridine rings is 1. The van der Waals surface area contributed by atoms with Crippen molar-refractivity contribution in [3.63, 3.8) is 0 Å². The molecule has 0 radical (unpaired) electrons. The molecule has 0 aliphatic carbocycles. The van der Waals surface area contributed by atoms with E-state index < -0.39 is 16.1 Å². The molecule has 0 aliphatic rings. The molecule has 3 aromatic rings. The number of methoxy groups -OCH3 is 1. The average Bonchev–Trinajstić information content (AvgIpc) is 3.21. The lowest BCUT2D eigenvalue weighted by atomic mass is 10.1. The van der Waals surface area contributed by atoms with Crippen LogP contribution >= 0.6 is 0 Å². The van der Waals surface area contributed by atoms with Gasteiger partial charge < -0.3 is 4.74 Å². The van der Waals surface area contributed by atoms with E-state index in [1.54, 1.807) is 48.0 Å². The van der Waals surface area contributed by atoms with E-state index in [0.29, 0.717) is 17.1 Å². The first-order valence-corrected chi connectivity index (χ1v) is 8.88. The Morgan fingerprint density at radius 2 is 1.68 bits per heavy atom. The number of nitrogens with one attached hydrogen (secondary N) is 1. The van der Waals surface area contributed by atoms with Gasteiger partial charge in [-0.3, -0.25) is 14.3 Å². The first kappa shape index (κ1) is 17.1. The average molecular weight is 362 g/mol. The zero-order valence-corrected chi connectivity index (χ0v) is 14.8. The van der Waals surface area contributed by atoms with E-state index in [4.69, 9.17) is 4.74 Å². The fourth-order valence-corrected chi connectivity index (χ4v) is 3.65. The summed E-state index contributed by atoms with van der Waals surface area (Å²) in [4.78, 5) is 3.93. The Balaban J connectivity index is 2.03. The van der Waals surface area contributed by atoms with Crippen molar-refractivity contribution in [3.05, 3.63) is 54.4 Å². The van der Waals surface area contributed by atoms with Crippen LogP contribution in [0.15, 0.2) is 47.9 Å².